The minimum absolute atomic E-state index is 0.0463. The Hall–Kier alpha value is -4.26. The number of carbonyl (C=O) groups is 2. The van der Waals surface area contributed by atoms with Gasteiger partial charge in [-0.15, -0.1) is 0 Å². The number of rotatable bonds is 8. The predicted molar refractivity (Wildman–Crippen MR) is 133 cm³/mol. The highest BCUT2D eigenvalue weighted by molar-refractivity contribution is 6.04. The van der Waals surface area contributed by atoms with E-state index < -0.39 is 11.9 Å². The number of aliphatic hydroxyl groups is 1. The van der Waals surface area contributed by atoms with E-state index in [1.807, 2.05) is 62.4 Å². The maximum absolute atomic E-state index is 11.8. The molecule has 0 aliphatic carbocycles. The Kier molecular flexibility index (Phi) is 8.63. The molecule has 0 bridgehead atoms. The monoisotopic (exact) mass is 447 g/mol. The Morgan fingerprint density at radius 1 is 0.879 bits per heavy atom. The number of amides is 1. The van der Waals surface area contributed by atoms with Gasteiger partial charge in [0.1, 0.15) is 5.82 Å². The first kappa shape index (κ1) is 25.0. The molecule has 3 aromatic carbocycles. The molecule has 6 N–H and O–H groups in total. The molecule has 1 amide bonds. The van der Waals surface area contributed by atoms with Crippen molar-refractivity contribution in [1.82, 2.24) is 0 Å². The van der Waals surface area contributed by atoms with E-state index in [0.29, 0.717) is 17.1 Å². The van der Waals surface area contributed by atoms with Crippen LogP contribution in [-0.4, -0.2) is 22.1 Å². The zero-order valence-electron chi connectivity index (χ0n) is 18.8. The molecule has 172 valence electrons. The highest BCUT2D eigenvalue weighted by Crippen LogP contribution is 2.26. The van der Waals surface area contributed by atoms with Crippen LogP contribution in [0.3, 0.4) is 0 Å². The number of anilines is 2. The number of allylic oxidation sites excluding steroid dienone is 1. The van der Waals surface area contributed by atoms with Crippen LogP contribution in [0.1, 0.15) is 34.3 Å². The highest BCUT2D eigenvalue weighted by atomic mass is 16.4. The van der Waals surface area contributed by atoms with Gasteiger partial charge in [0.05, 0.1) is 23.4 Å². The third-order valence-electron chi connectivity index (χ3n) is 4.82. The van der Waals surface area contributed by atoms with Crippen molar-refractivity contribution in [2.75, 3.05) is 10.6 Å². The number of aliphatic hydroxyl groups excluding tert-OH is 1. The van der Waals surface area contributed by atoms with Gasteiger partial charge in [-0.05, 0) is 47.9 Å². The van der Waals surface area contributed by atoms with Crippen molar-refractivity contribution in [3.8, 4) is 0 Å². The third kappa shape index (κ3) is 7.43. The lowest BCUT2D eigenvalue weighted by Crippen LogP contribution is -2.16. The first-order valence-corrected chi connectivity index (χ1v) is 10.3. The molecule has 0 aliphatic rings. The van der Waals surface area contributed by atoms with E-state index in [0.717, 1.165) is 27.6 Å². The molecule has 0 heterocycles. The number of hydrogen-bond acceptors (Lipinski definition) is 5. The van der Waals surface area contributed by atoms with E-state index in [9.17, 15) is 9.59 Å². The fourth-order valence-electron chi connectivity index (χ4n) is 3.16. The molecular formula is C26H29N3O4. The van der Waals surface area contributed by atoms with Crippen molar-refractivity contribution >= 4 is 34.0 Å². The second-order valence-corrected chi connectivity index (χ2v) is 7.56. The summed E-state index contributed by atoms with van der Waals surface area (Å²) < 4.78 is 0. The number of para-hydroxylation sites is 1. The quantitative estimate of drug-likeness (QED) is 0.292. The van der Waals surface area contributed by atoms with E-state index in [2.05, 4.69) is 23.8 Å². The molecule has 0 aromatic heterocycles. The zero-order chi connectivity index (χ0) is 24.5. The first-order valence-electron chi connectivity index (χ1n) is 10.3. The normalized spacial score (nSPS) is 10.0. The largest absolute Gasteiger partial charge is 0.513 e. The summed E-state index contributed by atoms with van der Waals surface area (Å²) in [6.07, 6.45) is 0.102. The summed E-state index contributed by atoms with van der Waals surface area (Å²) in [5.41, 5.74) is 9.87. The van der Waals surface area contributed by atoms with Gasteiger partial charge in [0.15, 0.2) is 0 Å². The smallest absolute Gasteiger partial charge is 0.303 e. The number of hydrogen-bond donors (Lipinski definition) is 5. The Morgan fingerprint density at radius 3 is 1.94 bits per heavy atom. The molecule has 33 heavy (non-hydrogen) atoms. The van der Waals surface area contributed by atoms with Gasteiger partial charge in [0.25, 0.3) is 5.91 Å². The summed E-state index contributed by atoms with van der Waals surface area (Å²) in [5.74, 6) is -0.893. The topological polar surface area (TPSA) is 125 Å². The Morgan fingerprint density at radius 2 is 1.45 bits per heavy atom. The highest BCUT2D eigenvalue weighted by Gasteiger charge is 2.11. The average molecular weight is 448 g/mol. The van der Waals surface area contributed by atoms with Gasteiger partial charge < -0.3 is 26.6 Å². The van der Waals surface area contributed by atoms with Crippen molar-refractivity contribution in [3.63, 3.8) is 0 Å². The van der Waals surface area contributed by atoms with E-state index in [1.54, 1.807) is 6.07 Å². The molecule has 0 atom stereocenters. The number of benzene rings is 3. The maximum Gasteiger partial charge on any atom is 0.303 e. The molecule has 0 unspecified atom stereocenters. The fourth-order valence-corrected chi connectivity index (χ4v) is 3.16. The number of carboxylic acids is 1. The number of aryl methyl sites for hydroxylation is 2. The molecule has 7 heteroatoms. The van der Waals surface area contributed by atoms with E-state index in [1.165, 1.54) is 0 Å². The van der Waals surface area contributed by atoms with Crippen LogP contribution >= 0.6 is 0 Å². The van der Waals surface area contributed by atoms with Gasteiger partial charge in [-0.1, -0.05) is 55.6 Å². The molecule has 7 nitrogen and oxygen atoms in total. The number of primary amides is 1. The van der Waals surface area contributed by atoms with Crippen LogP contribution in [0.4, 0.5) is 11.4 Å². The molecule has 0 fully saturated rings. The molecule has 3 aromatic rings. The van der Waals surface area contributed by atoms with Gasteiger partial charge in [-0.25, -0.2) is 0 Å². The van der Waals surface area contributed by atoms with Crippen LogP contribution in [-0.2, 0) is 4.79 Å². The SMILES string of the molecule is C=C(Nc1cc2ccccc2cc1C(N)=O)Nc1c(C)cccc1C.C=C(O)CCC(=O)O. The molecule has 0 saturated carbocycles. The van der Waals surface area contributed by atoms with Gasteiger partial charge >= 0.3 is 5.97 Å². The Bertz CT molecular complexity index is 1170. The maximum atomic E-state index is 11.8. The Balaban J connectivity index is 0.000000414. The number of aliphatic carboxylic acids is 1. The number of nitrogens with one attached hydrogen (secondary N) is 2. The van der Waals surface area contributed by atoms with Gasteiger partial charge in [-0.3, -0.25) is 9.59 Å². The van der Waals surface area contributed by atoms with Crippen LogP contribution in [0.5, 0.6) is 0 Å². The number of nitrogens with two attached hydrogens (primary N) is 1. The molecule has 0 radical (unpaired) electrons. The third-order valence-corrected chi connectivity index (χ3v) is 4.82. The zero-order valence-corrected chi connectivity index (χ0v) is 18.8. The summed E-state index contributed by atoms with van der Waals surface area (Å²) in [4.78, 5) is 21.6. The molecule has 0 aliphatic heterocycles. The van der Waals surface area contributed by atoms with Crippen molar-refractivity contribution in [2.45, 2.75) is 26.7 Å². The number of carbonyl (C=O) groups excluding carboxylic acids is 1. The van der Waals surface area contributed by atoms with Crippen LogP contribution in [0, 0.1) is 13.8 Å². The van der Waals surface area contributed by atoms with Gasteiger partial charge in [0, 0.05) is 12.1 Å². The second kappa shape index (κ2) is 11.4. The molecular weight excluding hydrogens is 418 g/mol. The fraction of sp³-hybridized carbons (Fsp3) is 0.154. The summed E-state index contributed by atoms with van der Waals surface area (Å²) in [6, 6.07) is 17.6. The lowest BCUT2D eigenvalue weighted by atomic mass is 10.0. The van der Waals surface area contributed by atoms with E-state index in [-0.39, 0.29) is 18.6 Å². The average Bonchev–Trinajstić information content (AvgIpc) is 2.75. The van der Waals surface area contributed by atoms with Crippen LogP contribution in [0.15, 0.2) is 79.3 Å². The summed E-state index contributed by atoms with van der Waals surface area (Å²) in [7, 11) is 0. The molecule has 3 rings (SSSR count). The lowest BCUT2D eigenvalue weighted by molar-refractivity contribution is -0.137. The summed E-state index contributed by atoms with van der Waals surface area (Å²) in [5, 5.41) is 24.8. The number of carboxylic acid groups (broad SMARTS) is 1. The van der Waals surface area contributed by atoms with Crippen molar-refractivity contribution in [3.05, 3.63) is 96.0 Å². The Labute approximate surface area is 193 Å². The minimum Gasteiger partial charge on any atom is -0.513 e. The van der Waals surface area contributed by atoms with E-state index >= 15 is 0 Å². The predicted octanol–water partition coefficient (Wildman–Crippen LogP) is 5.47. The van der Waals surface area contributed by atoms with Crippen molar-refractivity contribution < 1.29 is 19.8 Å². The summed E-state index contributed by atoms with van der Waals surface area (Å²) >= 11 is 0. The van der Waals surface area contributed by atoms with Gasteiger partial charge in [-0.2, -0.15) is 0 Å². The van der Waals surface area contributed by atoms with Crippen molar-refractivity contribution in [2.24, 2.45) is 5.73 Å². The van der Waals surface area contributed by atoms with Crippen molar-refractivity contribution in [1.29, 1.82) is 0 Å². The summed E-state index contributed by atoms with van der Waals surface area (Å²) in [6.45, 7) is 11.2. The van der Waals surface area contributed by atoms with Crippen LogP contribution < -0.4 is 16.4 Å². The second-order valence-electron chi connectivity index (χ2n) is 7.56. The molecule has 0 spiro atoms. The van der Waals surface area contributed by atoms with Gasteiger partial charge in [0.2, 0.25) is 0 Å². The standard InChI is InChI=1S/C21H21N3O.C5H8O3/c1-13-7-6-8-14(2)20(13)24-15(3)23-19-12-17-10-5-4-9-16(17)11-18(19)21(22)25;1-4(6)2-3-5(7)8/h4-12,23-24H,3H2,1-2H3,(H2,22,25);6H,1-3H2,(H,7,8). The minimum atomic E-state index is -0.916. The van der Waals surface area contributed by atoms with E-state index in [4.69, 9.17) is 15.9 Å². The molecule has 0 saturated heterocycles. The first-order chi connectivity index (χ1) is 15.6. The van der Waals surface area contributed by atoms with Crippen LogP contribution in [0.25, 0.3) is 10.8 Å². The van der Waals surface area contributed by atoms with Crippen LogP contribution in [0.2, 0.25) is 0 Å². The number of fused-ring (bicyclic) bond motifs is 1. The lowest BCUT2D eigenvalue weighted by Gasteiger charge is -2.18.